The summed E-state index contributed by atoms with van der Waals surface area (Å²) >= 11 is 4.22. The Balaban J connectivity index is 2.41. The smallest absolute Gasteiger partial charge is 0.195 e. The monoisotopic (exact) mass is 460 g/mol. The lowest BCUT2D eigenvalue weighted by Gasteiger charge is -2.19. The van der Waals surface area contributed by atoms with Crippen molar-refractivity contribution < 1.29 is 9.59 Å². The zero-order valence-electron chi connectivity index (χ0n) is 9.04. The molecule has 0 spiro atoms. The second-order valence-electron chi connectivity index (χ2n) is 3.98. The number of hydrogen-bond donors (Lipinski definition) is 0. The summed E-state index contributed by atoms with van der Waals surface area (Å²) in [6.45, 7) is 0. The maximum absolute atomic E-state index is 12.5. The van der Waals surface area contributed by atoms with Gasteiger partial charge in [-0.05, 0) is 57.3 Å². The van der Waals surface area contributed by atoms with Crippen molar-refractivity contribution in [2.45, 2.75) is 0 Å². The minimum absolute atomic E-state index is 0.0527. The molecule has 2 aromatic rings. The van der Waals surface area contributed by atoms with Crippen LogP contribution in [-0.2, 0) is 0 Å². The molecular weight excluding hydrogens is 454 g/mol. The molecule has 0 heterocycles. The first-order valence-electron chi connectivity index (χ1n) is 5.27. The molecule has 1 aliphatic rings. The molecule has 88 valence electrons. The molecule has 0 atom stereocenters. The van der Waals surface area contributed by atoms with Crippen LogP contribution in [0.25, 0.3) is 0 Å². The number of rotatable bonds is 0. The molecule has 1 aliphatic carbocycles. The Morgan fingerprint density at radius 2 is 1.06 bits per heavy atom. The third-order valence-electron chi connectivity index (χ3n) is 2.97. The molecule has 0 N–H and O–H groups in total. The van der Waals surface area contributed by atoms with Gasteiger partial charge in [0.25, 0.3) is 0 Å². The van der Waals surface area contributed by atoms with Crippen LogP contribution in [0, 0.1) is 7.14 Å². The van der Waals surface area contributed by atoms with E-state index in [0.717, 1.165) is 7.14 Å². The molecule has 0 radical (unpaired) electrons. The van der Waals surface area contributed by atoms with E-state index in [0.29, 0.717) is 22.3 Å². The van der Waals surface area contributed by atoms with E-state index in [1.54, 1.807) is 24.3 Å². The van der Waals surface area contributed by atoms with Gasteiger partial charge in [0.1, 0.15) is 0 Å². The van der Waals surface area contributed by atoms with E-state index in [1.807, 2.05) is 12.1 Å². The summed E-state index contributed by atoms with van der Waals surface area (Å²) in [5.74, 6) is -0.105. The van der Waals surface area contributed by atoms with Gasteiger partial charge in [-0.2, -0.15) is 0 Å². The van der Waals surface area contributed by atoms with E-state index in [-0.39, 0.29) is 11.6 Å². The molecule has 18 heavy (non-hydrogen) atoms. The average Bonchev–Trinajstić information content (AvgIpc) is 2.38. The molecule has 0 aromatic heterocycles. The summed E-state index contributed by atoms with van der Waals surface area (Å²) in [4.78, 5) is 24.9. The molecule has 2 nitrogen and oxygen atoms in total. The fraction of sp³-hybridized carbons (Fsp3) is 0. The van der Waals surface area contributed by atoms with Crippen LogP contribution in [0.2, 0.25) is 0 Å². The first-order chi connectivity index (χ1) is 8.61. The lowest BCUT2D eigenvalue weighted by molar-refractivity contribution is 0.0977. The summed E-state index contributed by atoms with van der Waals surface area (Å²) in [5.41, 5.74) is 2.11. The summed E-state index contributed by atoms with van der Waals surface area (Å²) in [6.07, 6.45) is 0. The lowest BCUT2D eigenvalue weighted by atomic mass is 9.84. The largest absolute Gasteiger partial charge is 0.289 e. The summed E-state index contributed by atoms with van der Waals surface area (Å²) in [7, 11) is 0. The van der Waals surface area contributed by atoms with E-state index >= 15 is 0 Å². The van der Waals surface area contributed by atoms with Gasteiger partial charge >= 0.3 is 0 Å². The Hall–Kier alpha value is -0.760. The standard InChI is InChI=1S/C14H6I2O2/c15-9-5-6-10(16)12-11(9)13(17)7-3-1-2-4-8(7)14(12)18/h1-6H. The van der Waals surface area contributed by atoms with E-state index in [2.05, 4.69) is 45.2 Å². The van der Waals surface area contributed by atoms with Crippen molar-refractivity contribution in [3.8, 4) is 0 Å². The molecule has 0 saturated carbocycles. The first-order valence-corrected chi connectivity index (χ1v) is 7.43. The van der Waals surface area contributed by atoms with E-state index < -0.39 is 0 Å². The zero-order chi connectivity index (χ0) is 12.9. The van der Waals surface area contributed by atoms with E-state index in [9.17, 15) is 9.59 Å². The second kappa shape index (κ2) is 4.41. The summed E-state index contributed by atoms with van der Waals surface area (Å²) < 4.78 is 1.66. The van der Waals surface area contributed by atoms with Crippen molar-refractivity contribution in [1.82, 2.24) is 0 Å². The van der Waals surface area contributed by atoms with Crippen molar-refractivity contribution in [2.75, 3.05) is 0 Å². The van der Waals surface area contributed by atoms with Crippen LogP contribution < -0.4 is 0 Å². The average molecular weight is 460 g/mol. The minimum atomic E-state index is -0.0527. The molecular formula is C14H6I2O2. The third kappa shape index (κ3) is 1.65. The molecule has 0 saturated heterocycles. The Kier molecular flexibility index (Phi) is 3.01. The lowest BCUT2D eigenvalue weighted by Crippen LogP contribution is -2.23. The van der Waals surface area contributed by atoms with Gasteiger partial charge in [-0.25, -0.2) is 0 Å². The SMILES string of the molecule is O=C1c2ccccc2C(=O)c2c(I)ccc(I)c21. The first kappa shape index (κ1) is 12.3. The molecule has 0 amide bonds. The maximum atomic E-state index is 12.5. The highest BCUT2D eigenvalue weighted by molar-refractivity contribution is 14.1. The van der Waals surface area contributed by atoms with Crippen LogP contribution in [0.3, 0.4) is 0 Å². The zero-order valence-corrected chi connectivity index (χ0v) is 13.4. The number of carbonyl (C=O) groups is 2. The van der Waals surface area contributed by atoms with Gasteiger partial charge in [0.2, 0.25) is 0 Å². The third-order valence-corrected chi connectivity index (χ3v) is 4.77. The number of benzene rings is 2. The van der Waals surface area contributed by atoms with E-state index in [1.165, 1.54) is 0 Å². The Bertz CT molecular complexity index is 645. The Morgan fingerprint density at radius 1 is 0.667 bits per heavy atom. The molecule has 3 rings (SSSR count). The van der Waals surface area contributed by atoms with Gasteiger partial charge in [-0.1, -0.05) is 24.3 Å². The summed E-state index contributed by atoms with van der Waals surface area (Å²) in [5, 5.41) is 0. The van der Waals surface area contributed by atoms with Crippen LogP contribution in [0.1, 0.15) is 31.8 Å². The van der Waals surface area contributed by atoms with Crippen molar-refractivity contribution in [3.63, 3.8) is 0 Å². The molecule has 4 heteroatoms. The van der Waals surface area contributed by atoms with Crippen molar-refractivity contribution >= 4 is 56.7 Å². The highest BCUT2D eigenvalue weighted by Gasteiger charge is 2.32. The topological polar surface area (TPSA) is 34.1 Å². The van der Waals surface area contributed by atoms with Gasteiger partial charge < -0.3 is 0 Å². The van der Waals surface area contributed by atoms with Crippen LogP contribution >= 0.6 is 45.2 Å². The number of halogens is 2. The van der Waals surface area contributed by atoms with Gasteiger partial charge in [0, 0.05) is 29.4 Å². The van der Waals surface area contributed by atoms with Crippen molar-refractivity contribution in [2.24, 2.45) is 0 Å². The molecule has 0 aliphatic heterocycles. The predicted molar refractivity (Wildman–Crippen MR) is 85.2 cm³/mol. The maximum Gasteiger partial charge on any atom is 0.195 e. The molecule has 2 aromatic carbocycles. The number of ketones is 2. The van der Waals surface area contributed by atoms with Gasteiger partial charge in [-0.3, -0.25) is 9.59 Å². The second-order valence-corrected chi connectivity index (χ2v) is 6.31. The fourth-order valence-electron chi connectivity index (χ4n) is 2.14. The highest BCUT2D eigenvalue weighted by atomic mass is 127. The number of carbonyl (C=O) groups excluding carboxylic acids is 2. The van der Waals surface area contributed by atoms with E-state index in [4.69, 9.17) is 0 Å². The predicted octanol–water partition coefficient (Wildman–Crippen LogP) is 3.67. The van der Waals surface area contributed by atoms with Gasteiger partial charge in [0.15, 0.2) is 11.6 Å². The molecule has 0 unspecified atom stereocenters. The number of hydrogen-bond acceptors (Lipinski definition) is 2. The Labute approximate surface area is 131 Å². The number of fused-ring (bicyclic) bond motifs is 2. The van der Waals surface area contributed by atoms with Crippen LogP contribution in [0.15, 0.2) is 36.4 Å². The highest BCUT2D eigenvalue weighted by Crippen LogP contribution is 2.32. The van der Waals surface area contributed by atoms with Gasteiger partial charge in [-0.15, -0.1) is 0 Å². The van der Waals surface area contributed by atoms with Crippen LogP contribution in [-0.4, -0.2) is 11.6 Å². The normalized spacial score (nSPS) is 13.2. The summed E-state index contributed by atoms with van der Waals surface area (Å²) in [6, 6.07) is 10.8. The molecule has 0 fully saturated rings. The Morgan fingerprint density at radius 3 is 1.44 bits per heavy atom. The van der Waals surface area contributed by atoms with Crippen molar-refractivity contribution in [1.29, 1.82) is 0 Å². The van der Waals surface area contributed by atoms with Crippen LogP contribution in [0.5, 0.6) is 0 Å². The molecule has 0 bridgehead atoms. The quantitative estimate of drug-likeness (QED) is 0.481. The minimum Gasteiger partial charge on any atom is -0.289 e. The van der Waals surface area contributed by atoms with Crippen LogP contribution in [0.4, 0.5) is 0 Å². The van der Waals surface area contributed by atoms with Crippen molar-refractivity contribution in [3.05, 3.63) is 65.8 Å². The van der Waals surface area contributed by atoms with Gasteiger partial charge in [0.05, 0.1) is 0 Å². The fourth-order valence-corrected chi connectivity index (χ4v) is 3.53.